The van der Waals surface area contributed by atoms with Crippen LogP contribution in [0.15, 0.2) is 16.5 Å². The minimum Gasteiger partial charge on any atom is -0.475 e. The van der Waals surface area contributed by atoms with Crippen LogP contribution in [0.1, 0.15) is 35.3 Å². The molecule has 1 saturated heterocycles. The highest BCUT2D eigenvalue weighted by Gasteiger charge is 2.26. The third kappa shape index (κ3) is 2.25. The third-order valence-electron chi connectivity index (χ3n) is 2.91. The standard InChI is InChI=1S/C11H15NO4/c13-10(7-2-1-5-12-6-7)8-3-4-9(16-8)11(14)15/h3-4,7,10,12-13H,1-2,5-6H2,(H,14,15). The van der Waals surface area contributed by atoms with Crippen molar-refractivity contribution < 1.29 is 19.4 Å². The summed E-state index contributed by atoms with van der Waals surface area (Å²) in [5.41, 5.74) is 0. The molecule has 0 bridgehead atoms. The molecule has 3 N–H and O–H groups in total. The van der Waals surface area contributed by atoms with Crippen molar-refractivity contribution in [1.29, 1.82) is 0 Å². The van der Waals surface area contributed by atoms with Gasteiger partial charge >= 0.3 is 5.97 Å². The smallest absolute Gasteiger partial charge is 0.371 e. The largest absolute Gasteiger partial charge is 0.475 e. The van der Waals surface area contributed by atoms with E-state index in [0.717, 1.165) is 25.9 Å². The van der Waals surface area contributed by atoms with Gasteiger partial charge in [0.05, 0.1) is 0 Å². The second-order valence-corrected chi connectivity index (χ2v) is 4.06. The fraction of sp³-hybridized carbons (Fsp3) is 0.545. The summed E-state index contributed by atoms with van der Waals surface area (Å²) in [5.74, 6) is -0.800. The second-order valence-electron chi connectivity index (χ2n) is 4.06. The Balaban J connectivity index is 2.07. The second kappa shape index (κ2) is 4.67. The number of furan rings is 1. The summed E-state index contributed by atoms with van der Waals surface area (Å²) in [4.78, 5) is 10.6. The highest BCUT2D eigenvalue weighted by atomic mass is 16.4. The van der Waals surface area contributed by atoms with Crippen LogP contribution in [0.4, 0.5) is 0 Å². The van der Waals surface area contributed by atoms with E-state index in [1.54, 1.807) is 0 Å². The van der Waals surface area contributed by atoms with Crippen LogP contribution in [0.2, 0.25) is 0 Å². The molecule has 0 aromatic carbocycles. The Kier molecular flexibility index (Phi) is 3.26. The van der Waals surface area contributed by atoms with E-state index in [-0.39, 0.29) is 11.7 Å². The number of hydrogen-bond acceptors (Lipinski definition) is 4. The number of piperidine rings is 1. The molecule has 1 aromatic rings. The summed E-state index contributed by atoms with van der Waals surface area (Å²) in [7, 11) is 0. The van der Waals surface area contributed by atoms with E-state index in [1.807, 2.05) is 0 Å². The molecule has 0 spiro atoms. The Morgan fingerprint density at radius 3 is 2.94 bits per heavy atom. The summed E-state index contributed by atoms with van der Waals surface area (Å²) < 4.78 is 5.08. The van der Waals surface area contributed by atoms with Crippen LogP contribution in [0.3, 0.4) is 0 Å². The summed E-state index contributed by atoms with van der Waals surface area (Å²) >= 11 is 0. The highest BCUT2D eigenvalue weighted by Crippen LogP contribution is 2.28. The molecule has 0 saturated carbocycles. The van der Waals surface area contributed by atoms with Crippen molar-refractivity contribution in [2.75, 3.05) is 13.1 Å². The monoisotopic (exact) mass is 225 g/mol. The first kappa shape index (κ1) is 11.2. The molecule has 1 aliphatic heterocycles. The fourth-order valence-electron chi connectivity index (χ4n) is 2.01. The zero-order chi connectivity index (χ0) is 11.5. The molecule has 0 aliphatic carbocycles. The number of aliphatic hydroxyl groups is 1. The number of hydrogen-bond donors (Lipinski definition) is 3. The van der Waals surface area contributed by atoms with Crippen LogP contribution < -0.4 is 5.32 Å². The lowest BCUT2D eigenvalue weighted by Gasteiger charge is -2.25. The van der Waals surface area contributed by atoms with Crippen molar-refractivity contribution in [3.05, 3.63) is 23.7 Å². The predicted molar refractivity (Wildman–Crippen MR) is 56.2 cm³/mol. The van der Waals surface area contributed by atoms with Gasteiger partial charge in [0, 0.05) is 12.5 Å². The van der Waals surface area contributed by atoms with Crippen molar-refractivity contribution >= 4 is 5.97 Å². The maximum atomic E-state index is 10.6. The van der Waals surface area contributed by atoms with Gasteiger partial charge in [-0.1, -0.05) is 0 Å². The Labute approximate surface area is 93.1 Å². The summed E-state index contributed by atoms with van der Waals surface area (Å²) in [6.45, 7) is 1.71. The van der Waals surface area contributed by atoms with Crippen LogP contribution in [0.25, 0.3) is 0 Å². The van der Waals surface area contributed by atoms with E-state index >= 15 is 0 Å². The van der Waals surface area contributed by atoms with Gasteiger partial charge < -0.3 is 19.9 Å². The van der Waals surface area contributed by atoms with Gasteiger partial charge in [0.2, 0.25) is 5.76 Å². The van der Waals surface area contributed by atoms with Crippen molar-refractivity contribution in [2.45, 2.75) is 18.9 Å². The number of carboxylic acid groups (broad SMARTS) is 1. The third-order valence-corrected chi connectivity index (χ3v) is 2.91. The zero-order valence-corrected chi connectivity index (χ0v) is 8.85. The Hall–Kier alpha value is -1.33. The first-order valence-corrected chi connectivity index (χ1v) is 5.40. The molecule has 0 amide bonds. The fourth-order valence-corrected chi connectivity index (χ4v) is 2.01. The van der Waals surface area contributed by atoms with Gasteiger partial charge in [0.15, 0.2) is 0 Å². The average Bonchev–Trinajstić information content (AvgIpc) is 2.78. The van der Waals surface area contributed by atoms with Gasteiger partial charge in [-0.2, -0.15) is 0 Å². The maximum Gasteiger partial charge on any atom is 0.371 e. The summed E-state index contributed by atoms with van der Waals surface area (Å²) in [6.07, 6.45) is 1.23. The van der Waals surface area contributed by atoms with Crippen LogP contribution in [0.5, 0.6) is 0 Å². The Morgan fingerprint density at radius 1 is 1.56 bits per heavy atom. The quantitative estimate of drug-likeness (QED) is 0.715. The number of aliphatic hydroxyl groups excluding tert-OH is 1. The van der Waals surface area contributed by atoms with Gasteiger partial charge in [-0.05, 0) is 31.5 Å². The zero-order valence-electron chi connectivity index (χ0n) is 8.85. The van der Waals surface area contributed by atoms with Gasteiger partial charge in [0.25, 0.3) is 0 Å². The molecule has 2 atom stereocenters. The van der Waals surface area contributed by atoms with Crippen LogP contribution in [-0.4, -0.2) is 29.3 Å². The maximum absolute atomic E-state index is 10.6. The summed E-state index contributed by atoms with van der Waals surface area (Å²) in [5, 5.41) is 21.9. The molecule has 1 aromatic heterocycles. The normalized spacial score (nSPS) is 22.9. The van der Waals surface area contributed by atoms with Crippen LogP contribution in [-0.2, 0) is 0 Å². The number of nitrogens with one attached hydrogen (secondary N) is 1. The highest BCUT2D eigenvalue weighted by molar-refractivity contribution is 5.84. The molecule has 1 aliphatic rings. The summed E-state index contributed by atoms with van der Waals surface area (Å²) in [6, 6.07) is 2.90. The van der Waals surface area contributed by atoms with Crippen LogP contribution in [0, 0.1) is 5.92 Å². The number of aromatic carboxylic acids is 1. The van der Waals surface area contributed by atoms with E-state index in [0.29, 0.717) is 5.76 Å². The van der Waals surface area contributed by atoms with Crippen molar-refractivity contribution in [1.82, 2.24) is 5.32 Å². The predicted octanol–water partition coefficient (Wildman–Crippen LogP) is 1.01. The van der Waals surface area contributed by atoms with Gasteiger partial charge in [-0.3, -0.25) is 0 Å². The average molecular weight is 225 g/mol. The Morgan fingerprint density at radius 2 is 2.38 bits per heavy atom. The van der Waals surface area contributed by atoms with Crippen molar-refractivity contribution in [3.63, 3.8) is 0 Å². The van der Waals surface area contributed by atoms with Gasteiger partial charge in [-0.25, -0.2) is 4.79 Å². The van der Waals surface area contributed by atoms with Crippen molar-refractivity contribution in [3.8, 4) is 0 Å². The minimum atomic E-state index is -1.11. The Bertz CT molecular complexity index is 368. The SMILES string of the molecule is O=C(O)c1ccc(C(O)C2CCCNC2)o1. The molecular formula is C11H15NO4. The van der Waals surface area contributed by atoms with Gasteiger partial charge in [-0.15, -0.1) is 0 Å². The molecule has 88 valence electrons. The number of carboxylic acids is 1. The lowest BCUT2D eigenvalue weighted by atomic mass is 9.92. The molecule has 2 rings (SSSR count). The first-order chi connectivity index (χ1) is 7.68. The van der Waals surface area contributed by atoms with E-state index in [1.165, 1.54) is 12.1 Å². The molecule has 2 unspecified atom stereocenters. The van der Waals surface area contributed by atoms with E-state index in [4.69, 9.17) is 9.52 Å². The molecule has 0 radical (unpaired) electrons. The number of carbonyl (C=O) groups is 1. The van der Waals surface area contributed by atoms with Gasteiger partial charge in [0.1, 0.15) is 11.9 Å². The topological polar surface area (TPSA) is 82.7 Å². The van der Waals surface area contributed by atoms with E-state index in [9.17, 15) is 9.90 Å². The molecule has 5 heteroatoms. The molecule has 5 nitrogen and oxygen atoms in total. The number of rotatable bonds is 3. The molecule has 1 fully saturated rings. The van der Waals surface area contributed by atoms with Crippen LogP contribution >= 0.6 is 0 Å². The molecule has 16 heavy (non-hydrogen) atoms. The molecule has 2 heterocycles. The van der Waals surface area contributed by atoms with E-state index < -0.39 is 12.1 Å². The molecular weight excluding hydrogens is 210 g/mol. The van der Waals surface area contributed by atoms with Crippen molar-refractivity contribution in [2.24, 2.45) is 5.92 Å². The first-order valence-electron chi connectivity index (χ1n) is 5.40. The minimum absolute atomic E-state index is 0.0987. The van der Waals surface area contributed by atoms with E-state index in [2.05, 4.69) is 5.32 Å². The lowest BCUT2D eigenvalue weighted by Crippen LogP contribution is -2.33. The lowest BCUT2D eigenvalue weighted by molar-refractivity contribution is 0.0594.